The van der Waals surface area contributed by atoms with Gasteiger partial charge in [-0.05, 0) is 12.8 Å². The molecule has 4 heteroatoms. The second-order valence-electron chi connectivity index (χ2n) is 3.75. The van der Waals surface area contributed by atoms with Gasteiger partial charge in [0.1, 0.15) is 6.04 Å². The molecule has 0 saturated carbocycles. The van der Waals surface area contributed by atoms with Crippen LogP contribution in [-0.2, 0) is 9.59 Å². The number of rotatable bonds is 3. The van der Waals surface area contributed by atoms with Gasteiger partial charge in [-0.2, -0.15) is 0 Å². The number of carbonyl (C=O) groups is 2. The molecule has 0 aliphatic carbocycles. The summed E-state index contributed by atoms with van der Waals surface area (Å²) in [5.41, 5.74) is 0. The first-order valence-corrected chi connectivity index (χ1v) is 5.42. The minimum Gasteiger partial charge on any atom is -0.354 e. The van der Waals surface area contributed by atoms with E-state index in [9.17, 15) is 9.59 Å². The van der Waals surface area contributed by atoms with Gasteiger partial charge < -0.3 is 10.6 Å². The number of amides is 2. The molecule has 0 aromatic carbocycles. The molecule has 84 valence electrons. The van der Waals surface area contributed by atoms with Crippen molar-refractivity contribution >= 4 is 11.8 Å². The van der Waals surface area contributed by atoms with Crippen LogP contribution in [0.1, 0.15) is 32.1 Å². The topological polar surface area (TPSA) is 58.2 Å². The Morgan fingerprint density at radius 1 is 1.53 bits per heavy atom. The Kier molecular flexibility index (Phi) is 4.87. The molecule has 0 spiro atoms. The fourth-order valence-corrected chi connectivity index (χ4v) is 1.64. The summed E-state index contributed by atoms with van der Waals surface area (Å²) in [5, 5.41) is 5.52. The molecule has 4 nitrogen and oxygen atoms in total. The Bertz CT molecular complexity index is 251. The first-order valence-electron chi connectivity index (χ1n) is 5.42. The van der Waals surface area contributed by atoms with Crippen LogP contribution in [0.5, 0.6) is 0 Å². The van der Waals surface area contributed by atoms with Crippen molar-refractivity contribution in [3.63, 3.8) is 0 Å². The molecular formula is C11H18N2O2. The summed E-state index contributed by atoms with van der Waals surface area (Å²) in [5.74, 6) is -0.196. The highest BCUT2D eigenvalue weighted by Crippen LogP contribution is 2.07. The van der Waals surface area contributed by atoms with E-state index in [0.717, 1.165) is 25.7 Å². The summed E-state index contributed by atoms with van der Waals surface area (Å²) in [6.45, 7) is 4.20. The van der Waals surface area contributed by atoms with Gasteiger partial charge in [0.05, 0.1) is 0 Å². The lowest BCUT2D eigenvalue weighted by molar-refractivity contribution is -0.129. The molecule has 0 bridgehead atoms. The van der Waals surface area contributed by atoms with Crippen molar-refractivity contribution < 1.29 is 9.59 Å². The molecule has 1 unspecified atom stereocenters. The van der Waals surface area contributed by atoms with E-state index < -0.39 is 0 Å². The Labute approximate surface area is 90.1 Å². The Morgan fingerprint density at radius 3 is 3.07 bits per heavy atom. The summed E-state index contributed by atoms with van der Waals surface area (Å²) in [6.07, 6.45) is 5.66. The average Bonchev–Trinajstić information content (AvgIpc) is 2.18. The van der Waals surface area contributed by atoms with Gasteiger partial charge in [-0.3, -0.25) is 9.59 Å². The summed E-state index contributed by atoms with van der Waals surface area (Å²) in [7, 11) is 0. The van der Waals surface area contributed by atoms with Gasteiger partial charge in [-0.15, -0.1) is 6.58 Å². The molecule has 2 amide bonds. The monoisotopic (exact) mass is 210 g/mol. The smallest absolute Gasteiger partial charge is 0.242 e. The van der Waals surface area contributed by atoms with Gasteiger partial charge in [0.25, 0.3) is 0 Å². The third kappa shape index (κ3) is 4.14. The van der Waals surface area contributed by atoms with Crippen molar-refractivity contribution in [3.8, 4) is 0 Å². The molecule has 1 fully saturated rings. The molecule has 2 N–H and O–H groups in total. The molecule has 0 radical (unpaired) electrons. The number of hydrogen-bond donors (Lipinski definition) is 2. The first kappa shape index (κ1) is 11.8. The quantitative estimate of drug-likeness (QED) is 0.675. The van der Waals surface area contributed by atoms with E-state index in [1.54, 1.807) is 0 Å². The lowest BCUT2D eigenvalue weighted by atomic mass is 10.0. The maximum Gasteiger partial charge on any atom is 0.242 e. The highest BCUT2D eigenvalue weighted by Gasteiger charge is 2.20. The minimum absolute atomic E-state index is 0.0629. The zero-order valence-corrected chi connectivity index (χ0v) is 8.92. The van der Waals surface area contributed by atoms with E-state index in [4.69, 9.17) is 0 Å². The number of carbonyl (C=O) groups excluding carboxylic acids is 2. The Hall–Kier alpha value is -1.32. The van der Waals surface area contributed by atoms with Crippen LogP contribution >= 0.6 is 0 Å². The van der Waals surface area contributed by atoms with Gasteiger partial charge in [-0.1, -0.05) is 18.9 Å². The molecular weight excluding hydrogens is 192 g/mol. The molecule has 0 aromatic rings. The van der Waals surface area contributed by atoms with Crippen LogP contribution in [0.15, 0.2) is 12.7 Å². The van der Waals surface area contributed by atoms with Crippen LogP contribution in [0.2, 0.25) is 0 Å². The highest BCUT2D eigenvalue weighted by molar-refractivity contribution is 5.88. The van der Waals surface area contributed by atoms with Crippen LogP contribution in [0, 0.1) is 0 Å². The van der Waals surface area contributed by atoms with Gasteiger partial charge in [0.2, 0.25) is 11.8 Å². The number of hydrogen-bond acceptors (Lipinski definition) is 2. The van der Waals surface area contributed by atoms with E-state index in [0.29, 0.717) is 6.54 Å². The maximum atomic E-state index is 11.6. The van der Waals surface area contributed by atoms with Crippen LogP contribution in [0.4, 0.5) is 0 Å². The van der Waals surface area contributed by atoms with Gasteiger partial charge >= 0.3 is 0 Å². The van der Waals surface area contributed by atoms with E-state index >= 15 is 0 Å². The van der Waals surface area contributed by atoms with Crippen molar-refractivity contribution in [1.82, 2.24) is 10.6 Å². The maximum absolute atomic E-state index is 11.6. The van der Waals surface area contributed by atoms with Crippen molar-refractivity contribution in [2.75, 3.05) is 6.54 Å². The van der Waals surface area contributed by atoms with Crippen LogP contribution in [0.3, 0.4) is 0 Å². The second kappa shape index (κ2) is 6.22. The SMILES string of the molecule is C=CCC(=O)NC1CCCCCNC1=O. The van der Waals surface area contributed by atoms with Gasteiger partial charge in [-0.25, -0.2) is 0 Å². The van der Waals surface area contributed by atoms with E-state index in [-0.39, 0.29) is 24.3 Å². The Morgan fingerprint density at radius 2 is 2.33 bits per heavy atom. The minimum atomic E-state index is -0.363. The second-order valence-corrected chi connectivity index (χ2v) is 3.75. The summed E-state index contributed by atoms with van der Waals surface area (Å²) in [6, 6.07) is -0.363. The molecule has 1 saturated heterocycles. The summed E-state index contributed by atoms with van der Waals surface area (Å²) in [4.78, 5) is 22.8. The molecule has 0 aromatic heterocycles. The van der Waals surface area contributed by atoms with Crippen molar-refractivity contribution in [2.45, 2.75) is 38.1 Å². The van der Waals surface area contributed by atoms with Crippen molar-refractivity contribution in [3.05, 3.63) is 12.7 Å². The van der Waals surface area contributed by atoms with Crippen molar-refractivity contribution in [1.29, 1.82) is 0 Å². The van der Waals surface area contributed by atoms with E-state index in [2.05, 4.69) is 17.2 Å². The standard InChI is InChI=1S/C11H18N2O2/c1-2-6-10(14)13-9-7-4-3-5-8-12-11(9)15/h2,9H,1,3-8H2,(H,12,15)(H,13,14). The Balaban J connectivity index is 2.44. The molecule has 1 rings (SSSR count). The summed E-state index contributed by atoms with van der Waals surface area (Å²) >= 11 is 0. The predicted octanol–water partition coefficient (Wildman–Crippen LogP) is 0.737. The number of nitrogens with one attached hydrogen (secondary N) is 2. The van der Waals surface area contributed by atoms with E-state index in [1.807, 2.05) is 0 Å². The molecule has 15 heavy (non-hydrogen) atoms. The first-order chi connectivity index (χ1) is 7.24. The van der Waals surface area contributed by atoms with Crippen LogP contribution in [-0.4, -0.2) is 24.4 Å². The normalized spacial score (nSPS) is 22.1. The zero-order chi connectivity index (χ0) is 11.1. The predicted molar refractivity (Wildman–Crippen MR) is 58.2 cm³/mol. The van der Waals surface area contributed by atoms with Crippen molar-refractivity contribution in [2.24, 2.45) is 0 Å². The van der Waals surface area contributed by atoms with E-state index in [1.165, 1.54) is 6.08 Å². The van der Waals surface area contributed by atoms with Crippen LogP contribution in [0.25, 0.3) is 0 Å². The largest absolute Gasteiger partial charge is 0.354 e. The molecule has 1 atom stereocenters. The average molecular weight is 210 g/mol. The fourth-order valence-electron chi connectivity index (χ4n) is 1.64. The third-order valence-corrected chi connectivity index (χ3v) is 2.45. The fraction of sp³-hybridized carbons (Fsp3) is 0.636. The van der Waals surface area contributed by atoms with Crippen LogP contribution < -0.4 is 10.6 Å². The molecule has 1 aliphatic rings. The lowest BCUT2D eigenvalue weighted by Crippen LogP contribution is -2.47. The summed E-state index contributed by atoms with van der Waals surface area (Å²) < 4.78 is 0. The van der Waals surface area contributed by atoms with Gasteiger partial charge in [0, 0.05) is 13.0 Å². The highest BCUT2D eigenvalue weighted by atomic mass is 16.2. The van der Waals surface area contributed by atoms with Gasteiger partial charge in [0.15, 0.2) is 0 Å². The zero-order valence-electron chi connectivity index (χ0n) is 8.92. The molecule has 1 aliphatic heterocycles. The molecule has 1 heterocycles. The lowest BCUT2D eigenvalue weighted by Gasteiger charge is -2.20. The third-order valence-electron chi connectivity index (χ3n) is 2.45.